The lowest BCUT2D eigenvalue weighted by atomic mass is 10.2. The van der Waals surface area contributed by atoms with Crippen LogP contribution >= 0.6 is 22.9 Å². The number of carbonyl (C=O) groups is 2. The van der Waals surface area contributed by atoms with Crippen LogP contribution < -0.4 is 10.2 Å². The maximum absolute atomic E-state index is 12.3. The number of piperazine rings is 1. The summed E-state index contributed by atoms with van der Waals surface area (Å²) in [6, 6.07) is 7.79. The van der Waals surface area contributed by atoms with Gasteiger partial charge in [-0.3, -0.25) is 19.8 Å². The number of hydrogen-bond acceptors (Lipinski definition) is 8. The summed E-state index contributed by atoms with van der Waals surface area (Å²) < 4.78 is 4.70. The van der Waals surface area contributed by atoms with Crippen LogP contribution in [0.1, 0.15) is 17.8 Å². The van der Waals surface area contributed by atoms with Crippen molar-refractivity contribution in [1.29, 1.82) is 0 Å². The summed E-state index contributed by atoms with van der Waals surface area (Å²) in [5, 5.41) is 12.3. The van der Waals surface area contributed by atoms with Crippen LogP contribution in [-0.2, 0) is 14.3 Å². The van der Waals surface area contributed by atoms with Crippen molar-refractivity contribution >= 4 is 45.6 Å². The fourth-order valence-corrected chi connectivity index (χ4v) is 3.92. The minimum Gasteiger partial charge on any atom is -0.468 e. The number of rotatable bonds is 6. The molecule has 1 unspecified atom stereocenters. The number of methoxy groups -OCH3 is 1. The number of esters is 1. The van der Waals surface area contributed by atoms with Crippen LogP contribution in [0.2, 0.25) is 5.02 Å². The van der Waals surface area contributed by atoms with E-state index in [2.05, 4.69) is 25.3 Å². The van der Waals surface area contributed by atoms with E-state index >= 15 is 0 Å². The average Bonchev–Trinajstić information content (AvgIpc) is 3.15. The molecule has 1 aliphatic heterocycles. The number of nitrogens with zero attached hydrogens (tertiary/aromatic N) is 4. The van der Waals surface area contributed by atoms with Gasteiger partial charge in [0.2, 0.25) is 11.0 Å². The first-order valence-electron chi connectivity index (χ1n) is 8.90. The quantitative estimate of drug-likeness (QED) is 0.712. The first-order valence-corrected chi connectivity index (χ1v) is 10.1. The number of hydrogen-bond donors (Lipinski definition) is 1. The number of aromatic nitrogens is 2. The Morgan fingerprint density at radius 2 is 2.04 bits per heavy atom. The number of anilines is 2. The summed E-state index contributed by atoms with van der Waals surface area (Å²) in [6.45, 7) is 5.18. The van der Waals surface area contributed by atoms with Crippen LogP contribution in [-0.4, -0.2) is 66.8 Å². The number of nitrogens with one attached hydrogen (secondary N) is 1. The zero-order valence-electron chi connectivity index (χ0n) is 15.7. The molecule has 3 rings (SSSR count). The molecule has 1 aromatic heterocycles. The van der Waals surface area contributed by atoms with Gasteiger partial charge in [-0.15, -0.1) is 10.2 Å². The summed E-state index contributed by atoms with van der Waals surface area (Å²) in [7, 11) is 1.33. The maximum Gasteiger partial charge on any atom is 0.315 e. The van der Waals surface area contributed by atoms with E-state index in [1.807, 2.05) is 24.3 Å². The lowest BCUT2D eigenvalue weighted by molar-refractivity contribution is -0.142. The predicted molar refractivity (Wildman–Crippen MR) is 109 cm³/mol. The number of carbonyl (C=O) groups excluding carboxylic acids is 2. The zero-order chi connectivity index (χ0) is 20.1. The molecule has 0 saturated carbocycles. The second kappa shape index (κ2) is 9.31. The van der Waals surface area contributed by atoms with Crippen LogP contribution in [0.25, 0.3) is 0 Å². The predicted octanol–water partition coefficient (Wildman–Crippen LogP) is 2.23. The third kappa shape index (κ3) is 5.18. The summed E-state index contributed by atoms with van der Waals surface area (Å²) in [4.78, 5) is 28.2. The van der Waals surface area contributed by atoms with Gasteiger partial charge in [0.15, 0.2) is 0 Å². The Morgan fingerprint density at radius 1 is 1.29 bits per heavy atom. The van der Waals surface area contributed by atoms with Gasteiger partial charge in [0, 0.05) is 36.9 Å². The van der Waals surface area contributed by atoms with Gasteiger partial charge in [-0.2, -0.15) is 0 Å². The number of halogens is 1. The molecule has 0 spiro atoms. The maximum atomic E-state index is 12.3. The molecule has 8 nitrogen and oxygen atoms in total. The van der Waals surface area contributed by atoms with Gasteiger partial charge >= 0.3 is 5.97 Å². The number of amides is 1. The molecule has 10 heteroatoms. The van der Waals surface area contributed by atoms with E-state index in [1.165, 1.54) is 18.4 Å². The monoisotopic (exact) mass is 423 g/mol. The minimum absolute atomic E-state index is 0.148. The largest absolute Gasteiger partial charge is 0.468 e. The van der Waals surface area contributed by atoms with Crippen molar-refractivity contribution in [3.05, 3.63) is 34.3 Å². The smallest absolute Gasteiger partial charge is 0.315 e. The van der Waals surface area contributed by atoms with Crippen molar-refractivity contribution in [2.75, 3.05) is 50.1 Å². The van der Waals surface area contributed by atoms with Gasteiger partial charge in [0.05, 0.1) is 13.7 Å². The van der Waals surface area contributed by atoms with Crippen LogP contribution in [0, 0.1) is 0 Å². The van der Waals surface area contributed by atoms with E-state index in [0.717, 1.165) is 36.9 Å². The number of benzene rings is 1. The van der Waals surface area contributed by atoms with Gasteiger partial charge in [-0.1, -0.05) is 29.0 Å². The van der Waals surface area contributed by atoms with E-state index in [0.29, 0.717) is 10.1 Å². The summed E-state index contributed by atoms with van der Waals surface area (Å²) in [5.41, 5.74) is 1.10. The molecule has 28 heavy (non-hydrogen) atoms. The lowest BCUT2D eigenvalue weighted by Gasteiger charge is -2.35. The first-order chi connectivity index (χ1) is 13.5. The van der Waals surface area contributed by atoms with Gasteiger partial charge in [0.1, 0.15) is 10.9 Å². The summed E-state index contributed by atoms with van der Waals surface area (Å²) in [6.07, 6.45) is 0. The van der Waals surface area contributed by atoms with Crippen molar-refractivity contribution in [1.82, 2.24) is 15.1 Å². The Balaban J connectivity index is 1.47. The van der Waals surface area contributed by atoms with E-state index < -0.39 is 5.92 Å². The molecule has 0 radical (unpaired) electrons. The highest BCUT2D eigenvalue weighted by molar-refractivity contribution is 7.15. The van der Waals surface area contributed by atoms with Crippen molar-refractivity contribution in [3.8, 4) is 0 Å². The molecule has 2 heterocycles. The fraction of sp³-hybridized carbons (Fsp3) is 0.444. The minimum atomic E-state index is -0.507. The Labute approximate surface area is 172 Å². The van der Waals surface area contributed by atoms with Gasteiger partial charge < -0.3 is 9.64 Å². The topological polar surface area (TPSA) is 87.7 Å². The second-order valence-electron chi connectivity index (χ2n) is 6.48. The molecule has 1 atom stereocenters. The number of ether oxygens (including phenoxy) is 1. The molecular formula is C18H22ClN5O3S. The summed E-state index contributed by atoms with van der Waals surface area (Å²) >= 11 is 7.24. The molecule has 0 aliphatic carbocycles. The average molecular weight is 424 g/mol. The van der Waals surface area contributed by atoms with Crippen molar-refractivity contribution in [2.24, 2.45) is 0 Å². The molecule has 1 aliphatic rings. The highest BCUT2D eigenvalue weighted by Gasteiger charge is 2.22. The van der Waals surface area contributed by atoms with Crippen molar-refractivity contribution < 1.29 is 14.3 Å². The molecule has 1 fully saturated rings. The lowest BCUT2D eigenvalue weighted by Crippen LogP contribution is -2.48. The van der Waals surface area contributed by atoms with E-state index in [9.17, 15) is 9.59 Å². The Hall–Kier alpha value is -2.23. The third-order valence-electron chi connectivity index (χ3n) is 4.52. The molecule has 1 saturated heterocycles. The zero-order valence-corrected chi connectivity index (χ0v) is 17.3. The Bertz CT molecular complexity index is 838. The van der Waals surface area contributed by atoms with Gasteiger partial charge in [-0.05, 0) is 25.1 Å². The van der Waals surface area contributed by atoms with E-state index in [1.54, 1.807) is 6.92 Å². The van der Waals surface area contributed by atoms with Crippen LogP contribution in [0.3, 0.4) is 0 Å². The van der Waals surface area contributed by atoms with Crippen LogP contribution in [0.15, 0.2) is 24.3 Å². The van der Waals surface area contributed by atoms with Gasteiger partial charge in [0.25, 0.3) is 0 Å². The van der Waals surface area contributed by atoms with E-state index in [4.69, 9.17) is 16.3 Å². The van der Waals surface area contributed by atoms with Crippen molar-refractivity contribution in [2.45, 2.75) is 12.8 Å². The molecule has 1 amide bonds. The summed E-state index contributed by atoms with van der Waals surface area (Å²) in [5.74, 6) is -1.04. The highest BCUT2D eigenvalue weighted by Crippen LogP contribution is 2.24. The van der Waals surface area contributed by atoms with Gasteiger partial charge in [-0.25, -0.2) is 0 Å². The molecule has 1 aromatic carbocycles. The molecule has 2 aromatic rings. The molecule has 0 bridgehead atoms. The van der Waals surface area contributed by atoms with E-state index in [-0.39, 0.29) is 18.4 Å². The highest BCUT2D eigenvalue weighted by atomic mass is 35.5. The molecular weight excluding hydrogens is 402 g/mol. The molecule has 1 N–H and O–H groups in total. The molecule has 150 valence electrons. The fourth-order valence-electron chi connectivity index (χ4n) is 2.94. The normalized spacial score (nSPS) is 15.9. The Morgan fingerprint density at radius 3 is 2.71 bits per heavy atom. The SMILES string of the molecule is COC(=O)C(C)c1nnc(NC(=O)CN2CCN(c3cccc(Cl)c3)CC2)s1. The second-order valence-corrected chi connectivity index (χ2v) is 7.93. The standard InChI is InChI=1S/C18H22ClN5O3S/c1-12(17(26)27-2)16-21-22-18(28-16)20-15(25)11-23-6-8-24(9-7-23)14-5-3-4-13(19)10-14/h3-5,10,12H,6-9,11H2,1-2H3,(H,20,22,25). The third-order valence-corrected chi connectivity index (χ3v) is 5.78. The van der Waals surface area contributed by atoms with Crippen LogP contribution in [0.4, 0.5) is 10.8 Å². The van der Waals surface area contributed by atoms with Crippen LogP contribution in [0.5, 0.6) is 0 Å². The van der Waals surface area contributed by atoms with Crippen molar-refractivity contribution in [3.63, 3.8) is 0 Å². The first kappa shape index (κ1) is 20.5. The Kier molecular flexibility index (Phi) is 6.82.